The van der Waals surface area contributed by atoms with Gasteiger partial charge in [0.05, 0.1) is 24.3 Å². The van der Waals surface area contributed by atoms with E-state index in [2.05, 4.69) is 10.1 Å². The van der Waals surface area contributed by atoms with Crippen LogP contribution in [0.1, 0.15) is 48.6 Å². The molecule has 170 valence electrons. The normalized spacial score (nSPS) is 11.7. The highest BCUT2D eigenvalue weighted by molar-refractivity contribution is 5.70. The molecule has 0 saturated carbocycles. The van der Waals surface area contributed by atoms with Crippen LogP contribution in [0.4, 0.5) is 13.2 Å². The van der Waals surface area contributed by atoms with Crippen molar-refractivity contribution in [2.24, 2.45) is 0 Å². The molecule has 0 aliphatic rings. The molecule has 9 heteroatoms. The van der Waals surface area contributed by atoms with Gasteiger partial charge in [-0.1, -0.05) is 26.0 Å². The molecule has 3 aromatic rings. The van der Waals surface area contributed by atoms with Gasteiger partial charge in [-0.25, -0.2) is 9.67 Å². The number of benzene rings is 1. The molecule has 0 spiro atoms. The molecule has 1 aromatic carbocycles. The van der Waals surface area contributed by atoms with Crippen LogP contribution in [0.15, 0.2) is 48.8 Å². The summed E-state index contributed by atoms with van der Waals surface area (Å²) in [6, 6.07) is 9.27. The first-order chi connectivity index (χ1) is 15.1. The van der Waals surface area contributed by atoms with E-state index >= 15 is 0 Å². The van der Waals surface area contributed by atoms with Gasteiger partial charge in [0.15, 0.2) is 5.82 Å². The first kappa shape index (κ1) is 23.3. The van der Waals surface area contributed by atoms with Gasteiger partial charge in [0.2, 0.25) is 0 Å². The van der Waals surface area contributed by atoms with Gasteiger partial charge in [0, 0.05) is 12.4 Å². The van der Waals surface area contributed by atoms with Gasteiger partial charge in [-0.2, -0.15) is 18.3 Å². The third-order valence-corrected chi connectivity index (χ3v) is 4.79. The maximum atomic E-state index is 12.8. The Morgan fingerprint density at radius 1 is 1.22 bits per heavy atom. The lowest BCUT2D eigenvalue weighted by atomic mass is 10.0. The van der Waals surface area contributed by atoms with Gasteiger partial charge in [-0.05, 0) is 54.2 Å². The number of carboxylic acids is 1. The quantitative estimate of drug-likeness (QED) is 0.465. The molecule has 2 aromatic heterocycles. The maximum Gasteiger partial charge on any atom is 0.417 e. The molecule has 0 saturated heterocycles. The van der Waals surface area contributed by atoms with Crippen molar-refractivity contribution in [2.75, 3.05) is 6.61 Å². The van der Waals surface area contributed by atoms with Crippen molar-refractivity contribution in [3.05, 3.63) is 71.2 Å². The third kappa shape index (κ3) is 6.09. The van der Waals surface area contributed by atoms with E-state index in [9.17, 15) is 18.0 Å². The minimum Gasteiger partial charge on any atom is -0.494 e. The van der Waals surface area contributed by atoms with E-state index in [0.717, 1.165) is 23.5 Å². The third-order valence-electron chi connectivity index (χ3n) is 4.79. The molecule has 0 unspecified atom stereocenters. The van der Waals surface area contributed by atoms with E-state index in [1.54, 1.807) is 30.5 Å². The molecule has 0 aliphatic heterocycles. The molecule has 3 rings (SSSR count). The highest BCUT2D eigenvalue weighted by atomic mass is 19.4. The van der Waals surface area contributed by atoms with Gasteiger partial charge in [0.25, 0.3) is 0 Å². The fourth-order valence-corrected chi connectivity index (χ4v) is 3.28. The number of pyridine rings is 1. The molecule has 0 fully saturated rings. The molecule has 0 radical (unpaired) electrons. The number of aliphatic carboxylic acids is 1. The largest absolute Gasteiger partial charge is 0.494 e. The molecule has 0 aliphatic carbocycles. The van der Waals surface area contributed by atoms with Crippen LogP contribution in [0, 0.1) is 0 Å². The van der Waals surface area contributed by atoms with E-state index in [0.29, 0.717) is 36.6 Å². The van der Waals surface area contributed by atoms with Gasteiger partial charge < -0.3 is 9.84 Å². The van der Waals surface area contributed by atoms with Crippen LogP contribution in [0.3, 0.4) is 0 Å². The number of alkyl halides is 3. The first-order valence-electron chi connectivity index (χ1n) is 10.2. The molecule has 0 amide bonds. The van der Waals surface area contributed by atoms with Crippen LogP contribution in [-0.2, 0) is 23.8 Å². The fourth-order valence-electron chi connectivity index (χ4n) is 3.28. The van der Waals surface area contributed by atoms with Crippen LogP contribution < -0.4 is 4.74 Å². The van der Waals surface area contributed by atoms with Gasteiger partial charge >= 0.3 is 12.1 Å². The van der Waals surface area contributed by atoms with Crippen molar-refractivity contribution in [2.45, 2.75) is 45.2 Å². The summed E-state index contributed by atoms with van der Waals surface area (Å²) in [6.45, 7) is 4.43. The average molecular weight is 447 g/mol. The molecule has 6 nitrogen and oxygen atoms in total. The predicted octanol–water partition coefficient (Wildman–Crippen LogP) is 5.05. The molecule has 0 bridgehead atoms. The number of nitrogens with zero attached hydrogens (tertiary/aromatic N) is 3. The average Bonchev–Trinajstić information content (AvgIpc) is 3.15. The Labute approximate surface area is 183 Å². The Bertz CT molecular complexity index is 1060. The number of aryl methyl sites for hydroxylation is 1. The zero-order chi connectivity index (χ0) is 23.3. The van der Waals surface area contributed by atoms with E-state index in [1.165, 1.54) is 10.7 Å². The summed E-state index contributed by atoms with van der Waals surface area (Å²) < 4.78 is 45.6. The second-order valence-electron chi connectivity index (χ2n) is 7.71. The first-order valence-corrected chi connectivity index (χ1v) is 10.2. The van der Waals surface area contributed by atoms with E-state index in [1.807, 2.05) is 13.8 Å². The number of hydrogen-bond donors (Lipinski definition) is 1. The highest BCUT2D eigenvalue weighted by Gasteiger charge is 2.30. The van der Waals surface area contributed by atoms with Crippen molar-refractivity contribution < 1.29 is 27.8 Å². The van der Waals surface area contributed by atoms with E-state index in [-0.39, 0.29) is 12.3 Å². The lowest BCUT2D eigenvalue weighted by Gasteiger charge is -2.08. The SMILES string of the molecule is CC(C)c1nn(-c2ccc(C(F)(F)F)cn2)cc1CCCOc1cccc(CC(=O)O)c1. The van der Waals surface area contributed by atoms with Gasteiger partial charge in [-0.3, -0.25) is 4.79 Å². The van der Waals surface area contributed by atoms with Crippen LogP contribution in [0.25, 0.3) is 5.82 Å². The van der Waals surface area contributed by atoms with Crippen molar-refractivity contribution in [3.8, 4) is 11.6 Å². The Balaban J connectivity index is 1.64. The summed E-state index contributed by atoms with van der Waals surface area (Å²) in [5, 5.41) is 13.4. The monoisotopic (exact) mass is 447 g/mol. The number of halogens is 3. The number of aromatic nitrogens is 3. The fraction of sp³-hybridized carbons (Fsp3) is 0.348. The van der Waals surface area contributed by atoms with Crippen LogP contribution in [-0.4, -0.2) is 32.4 Å². The zero-order valence-corrected chi connectivity index (χ0v) is 17.8. The number of ether oxygens (including phenoxy) is 1. The molecular formula is C23H24F3N3O3. The molecule has 0 atom stereocenters. The van der Waals surface area contributed by atoms with Crippen molar-refractivity contribution in [3.63, 3.8) is 0 Å². The van der Waals surface area contributed by atoms with Crippen molar-refractivity contribution in [1.29, 1.82) is 0 Å². The minimum atomic E-state index is -4.43. The lowest BCUT2D eigenvalue weighted by molar-refractivity contribution is -0.138. The summed E-state index contributed by atoms with van der Waals surface area (Å²) in [7, 11) is 0. The Kier molecular flexibility index (Phi) is 7.17. The van der Waals surface area contributed by atoms with Crippen LogP contribution in [0.2, 0.25) is 0 Å². The summed E-state index contributed by atoms with van der Waals surface area (Å²) in [4.78, 5) is 14.8. The Morgan fingerprint density at radius 2 is 2.00 bits per heavy atom. The smallest absolute Gasteiger partial charge is 0.417 e. The Morgan fingerprint density at radius 3 is 2.62 bits per heavy atom. The number of rotatable bonds is 9. The van der Waals surface area contributed by atoms with Crippen molar-refractivity contribution in [1.82, 2.24) is 14.8 Å². The molecule has 32 heavy (non-hydrogen) atoms. The molecular weight excluding hydrogens is 423 g/mol. The van der Waals surface area contributed by atoms with Gasteiger partial charge in [0.1, 0.15) is 5.75 Å². The summed E-state index contributed by atoms with van der Waals surface area (Å²) in [5.41, 5.74) is 1.70. The van der Waals surface area contributed by atoms with Gasteiger partial charge in [-0.15, -0.1) is 0 Å². The lowest BCUT2D eigenvalue weighted by Crippen LogP contribution is -2.07. The zero-order valence-electron chi connectivity index (χ0n) is 17.8. The van der Waals surface area contributed by atoms with E-state index in [4.69, 9.17) is 9.84 Å². The Hall–Kier alpha value is -3.36. The number of hydrogen-bond acceptors (Lipinski definition) is 4. The number of carboxylic acid groups (broad SMARTS) is 1. The summed E-state index contributed by atoms with van der Waals surface area (Å²) in [6.07, 6.45) is -0.544. The second kappa shape index (κ2) is 9.84. The standard InChI is InChI=1S/C23H24F3N3O3/c1-15(2)22-17(6-4-10-32-19-7-3-5-16(11-19)12-21(30)31)14-29(28-22)20-9-8-18(13-27-20)23(24,25)26/h3,5,7-9,11,13-15H,4,6,10,12H2,1-2H3,(H,30,31). The molecule has 2 heterocycles. The summed E-state index contributed by atoms with van der Waals surface area (Å²) in [5.74, 6) is 0.160. The highest BCUT2D eigenvalue weighted by Crippen LogP contribution is 2.29. The van der Waals surface area contributed by atoms with Crippen molar-refractivity contribution >= 4 is 5.97 Å². The number of carbonyl (C=O) groups is 1. The predicted molar refractivity (Wildman–Crippen MR) is 112 cm³/mol. The molecule has 1 N–H and O–H groups in total. The maximum absolute atomic E-state index is 12.8. The topological polar surface area (TPSA) is 77.2 Å². The van der Waals surface area contributed by atoms with Crippen LogP contribution >= 0.6 is 0 Å². The van der Waals surface area contributed by atoms with E-state index < -0.39 is 17.7 Å². The minimum absolute atomic E-state index is 0.0634. The second-order valence-corrected chi connectivity index (χ2v) is 7.71. The summed E-state index contributed by atoms with van der Waals surface area (Å²) >= 11 is 0. The van der Waals surface area contributed by atoms with Crippen LogP contribution in [0.5, 0.6) is 5.75 Å².